The van der Waals surface area contributed by atoms with Crippen molar-refractivity contribution < 1.29 is 4.79 Å². The highest BCUT2D eigenvalue weighted by atomic mass is 16.1. The molecular weight excluding hydrogens is 212 g/mol. The van der Waals surface area contributed by atoms with Crippen LogP contribution in [0.15, 0.2) is 24.4 Å². The Morgan fingerprint density at radius 2 is 2.29 bits per heavy atom. The normalized spacial score (nSPS) is 19.8. The van der Waals surface area contributed by atoms with Crippen LogP contribution in [0.25, 0.3) is 10.9 Å². The van der Waals surface area contributed by atoms with E-state index in [1.54, 1.807) is 0 Å². The molecule has 3 nitrogen and oxygen atoms in total. The fourth-order valence-electron chi connectivity index (χ4n) is 2.76. The molecule has 1 amide bonds. The van der Waals surface area contributed by atoms with Crippen LogP contribution in [0.5, 0.6) is 0 Å². The van der Waals surface area contributed by atoms with Crippen LogP contribution in [0.1, 0.15) is 30.4 Å². The third-order valence-electron chi connectivity index (χ3n) is 3.61. The van der Waals surface area contributed by atoms with Crippen molar-refractivity contribution in [1.29, 1.82) is 0 Å². The number of aromatic amines is 1. The predicted octanol–water partition coefficient (Wildman–Crippen LogP) is 2.33. The van der Waals surface area contributed by atoms with Gasteiger partial charge in [0, 0.05) is 23.6 Å². The lowest BCUT2D eigenvalue weighted by Gasteiger charge is -2.20. The van der Waals surface area contributed by atoms with Gasteiger partial charge in [0.05, 0.1) is 5.92 Å². The highest BCUT2D eigenvalue weighted by Crippen LogP contribution is 2.31. The van der Waals surface area contributed by atoms with Gasteiger partial charge in [0.2, 0.25) is 5.91 Å². The molecule has 1 aromatic carbocycles. The lowest BCUT2D eigenvalue weighted by Crippen LogP contribution is -2.32. The maximum absolute atomic E-state index is 12.0. The lowest BCUT2D eigenvalue weighted by atomic mass is 9.89. The van der Waals surface area contributed by atoms with E-state index in [0.29, 0.717) is 0 Å². The maximum atomic E-state index is 12.0. The quantitative estimate of drug-likeness (QED) is 0.773. The van der Waals surface area contributed by atoms with Gasteiger partial charge < -0.3 is 10.3 Å². The summed E-state index contributed by atoms with van der Waals surface area (Å²) in [6, 6.07) is 6.18. The van der Waals surface area contributed by atoms with Crippen LogP contribution in [0, 0.1) is 0 Å². The van der Waals surface area contributed by atoms with Crippen molar-refractivity contribution >= 4 is 16.8 Å². The fourth-order valence-corrected chi connectivity index (χ4v) is 2.76. The van der Waals surface area contributed by atoms with Gasteiger partial charge in [-0.1, -0.05) is 19.1 Å². The Morgan fingerprint density at radius 1 is 1.41 bits per heavy atom. The van der Waals surface area contributed by atoms with Crippen molar-refractivity contribution in [3.63, 3.8) is 0 Å². The van der Waals surface area contributed by atoms with Crippen LogP contribution >= 0.6 is 0 Å². The molecule has 0 fully saturated rings. The Morgan fingerprint density at radius 3 is 3.12 bits per heavy atom. The minimum Gasteiger partial charge on any atom is -0.361 e. The van der Waals surface area contributed by atoms with Gasteiger partial charge in [0.25, 0.3) is 0 Å². The molecule has 0 aliphatic carbocycles. The Hall–Kier alpha value is -1.77. The molecule has 3 rings (SSSR count). The number of H-pyrrole nitrogens is 1. The van der Waals surface area contributed by atoms with E-state index in [-0.39, 0.29) is 11.8 Å². The second kappa shape index (κ2) is 3.91. The molecule has 17 heavy (non-hydrogen) atoms. The standard InChI is InChI=1S/C14H16N2O/c1-2-10-11-4-3-5-12-13(11)9(8-16-12)6-7-15-14(10)17/h3-5,8,10,16H,2,6-7H2,1H3,(H,15,17). The molecule has 1 atom stereocenters. The van der Waals surface area contributed by atoms with Crippen LogP contribution in [-0.2, 0) is 11.2 Å². The second-order valence-corrected chi connectivity index (χ2v) is 4.59. The van der Waals surface area contributed by atoms with E-state index in [2.05, 4.69) is 35.6 Å². The summed E-state index contributed by atoms with van der Waals surface area (Å²) < 4.78 is 0. The summed E-state index contributed by atoms with van der Waals surface area (Å²) >= 11 is 0. The van der Waals surface area contributed by atoms with Gasteiger partial charge in [0.15, 0.2) is 0 Å². The molecule has 88 valence electrons. The van der Waals surface area contributed by atoms with Gasteiger partial charge in [-0.2, -0.15) is 0 Å². The average Bonchev–Trinajstić information content (AvgIpc) is 2.72. The SMILES string of the molecule is CCC1C(=O)NCCc2c[nH]c3cccc1c23. The number of benzene rings is 1. The zero-order chi connectivity index (χ0) is 11.8. The predicted molar refractivity (Wildman–Crippen MR) is 68.0 cm³/mol. The summed E-state index contributed by atoms with van der Waals surface area (Å²) in [5.74, 6) is 0.139. The van der Waals surface area contributed by atoms with Crippen molar-refractivity contribution in [2.45, 2.75) is 25.7 Å². The number of amides is 1. The number of carbonyl (C=O) groups is 1. The summed E-state index contributed by atoms with van der Waals surface area (Å²) in [7, 11) is 0. The zero-order valence-corrected chi connectivity index (χ0v) is 9.92. The van der Waals surface area contributed by atoms with Crippen LogP contribution < -0.4 is 5.32 Å². The fraction of sp³-hybridized carbons (Fsp3) is 0.357. The molecular formula is C14H16N2O. The van der Waals surface area contributed by atoms with Crippen LogP contribution in [0.4, 0.5) is 0 Å². The number of hydrogen-bond donors (Lipinski definition) is 2. The van der Waals surface area contributed by atoms with E-state index < -0.39 is 0 Å². The number of nitrogens with one attached hydrogen (secondary N) is 2. The Labute approximate surface area is 100 Å². The van der Waals surface area contributed by atoms with E-state index >= 15 is 0 Å². The van der Waals surface area contributed by atoms with Gasteiger partial charge in [-0.25, -0.2) is 0 Å². The van der Waals surface area contributed by atoms with E-state index in [9.17, 15) is 4.79 Å². The first-order valence-corrected chi connectivity index (χ1v) is 6.18. The molecule has 3 heteroatoms. The van der Waals surface area contributed by atoms with E-state index in [0.717, 1.165) is 24.9 Å². The van der Waals surface area contributed by atoms with Gasteiger partial charge in [-0.05, 0) is 30.0 Å². The molecule has 2 aromatic rings. The highest BCUT2D eigenvalue weighted by Gasteiger charge is 2.24. The third kappa shape index (κ3) is 1.54. The number of aromatic nitrogens is 1. The largest absolute Gasteiger partial charge is 0.361 e. The molecule has 1 aliphatic rings. The van der Waals surface area contributed by atoms with Crippen molar-refractivity contribution in [3.05, 3.63) is 35.5 Å². The molecule has 1 aromatic heterocycles. The summed E-state index contributed by atoms with van der Waals surface area (Å²) in [4.78, 5) is 15.3. The van der Waals surface area contributed by atoms with E-state index in [1.165, 1.54) is 16.5 Å². The van der Waals surface area contributed by atoms with Crippen molar-refractivity contribution in [2.24, 2.45) is 0 Å². The summed E-state index contributed by atoms with van der Waals surface area (Å²) in [5, 5.41) is 4.26. The topological polar surface area (TPSA) is 44.9 Å². The molecule has 1 unspecified atom stereocenters. The van der Waals surface area contributed by atoms with Crippen molar-refractivity contribution in [3.8, 4) is 0 Å². The lowest BCUT2D eigenvalue weighted by molar-refractivity contribution is -0.122. The Balaban J connectivity index is 2.29. The van der Waals surface area contributed by atoms with Crippen LogP contribution in [0.3, 0.4) is 0 Å². The van der Waals surface area contributed by atoms with Gasteiger partial charge in [0.1, 0.15) is 0 Å². The number of carbonyl (C=O) groups excluding carboxylic acids is 1. The van der Waals surface area contributed by atoms with Crippen LogP contribution in [-0.4, -0.2) is 17.4 Å². The first-order valence-electron chi connectivity index (χ1n) is 6.18. The van der Waals surface area contributed by atoms with Gasteiger partial charge in [-0.3, -0.25) is 4.79 Å². The van der Waals surface area contributed by atoms with Gasteiger partial charge in [-0.15, -0.1) is 0 Å². The molecule has 2 N–H and O–H groups in total. The number of rotatable bonds is 1. The summed E-state index contributed by atoms with van der Waals surface area (Å²) in [6.45, 7) is 2.80. The first kappa shape index (κ1) is 10.4. The molecule has 0 bridgehead atoms. The van der Waals surface area contributed by atoms with Crippen LogP contribution in [0.2, 0.25) is 0 Å². The van der Waals surface area contributed by atoms with Crippen molar-refractivity contribution in [2.75, 3.05) is 6.54 Å². The smallest absolute Gasteiger partial charge is 0.227 e. The van der Waals surface area contributed by atoms with Crippen molar-refractivity contribution in [1.82, 2.24) is 10.3 Å². The Bertz CT molecular complexity index is 571. The third-order valence-corrected chi connectivity index (χ3v) is 3.61. The molecule has 0 spiro atoms. The first-order chi connectivity index (χ1) is 8.31. The minimum absolute atomic E-state index is 0.0199. The maximum Gasteiger partial charge on any atom is 0.227 e. The average molecular weight is 228 g/mol. The Kier molecular flexibility index (Phi) is 2.39. The molecule has 0 radical (unpaired) electrons. The minimum atomic E-state index is -0.0199. The highest BCUT2D eigenvalue weighted by molar-refractivity contribution is 5.94. The summed E-state index contributed by atoms with van der Waals surface area (Å²) in [6.07, 6.45) is 3.81. The zero-order valence-electron chi connectivity index (χ0n) is 9.92. The molecule has 2 heterocycles. The molecule has 1 aliphatic heterocycles. The number of hydrogen-bond acceptors (Lipinski definition) is 1. The van der Waals surface area contributed by atoms with Gasteiger partial charge >= 0.3 is 0 Å². The van der Waals surface area contributed by atoms with E-state index in [4.69, 9.17) is 0 Å². The molecule has 0 saturated heterocycles. The summed E-state index contributed by atoms with van der Waals surface area (Å²) in [5.41, 5.74) is 3.62. The monoisotopic (exact) mass is 228 g/mol. The second-order valence-electron chi connectivity index (χ2n) is 4.59. The van der Waals surface area contributed by atoms with E-state index in [1.807, 2.05) is 6.07 Å². The molecule has 0 saturated carbocycles.